The van der Waals surface area contributed by atoms with E-state index in [1.165, 1.54) is 5.57 Å². The molecule has 0 radical (unpaired) electrons. The van der Waals surface area contributed by atoms with Gasteiger partial charge in [-0.05, 0) is 30.8 Å². The molecule has 0 bridgehead atoms. The number of imidazole rings is 1. The average Bonchev–Trinajstić information content (AvgIpc) is 3.28. The van der Waals surface area contributed by atoms with Crippen LogP contribution >= 0.6 is 0 Å². The van der Waals surface area contributed by atoms with Crippen LogP contribution in [0.25, 0.3) is 11.4 Å². The summed E-state index contributed by atoms with van der Waals surface area (Å²) in [6.45, 7) is 3.25. The molecule has 5 nitrogen and oxygen atoms in total. The fraction of sp³-hybridized carbons (Fsp3) is 0.476. The first kappa shape index (κ1) is 17.5. The molecule has 2 heterocycles. The Morgan fingerprint density at radius 1 is 1.23 bits per heavy atom. The standard InChI is InChI=1S/C21H27N3O2/c25-20-12-17(11-19(20)23-13-16-5-4-10-26-15-16)14-24-9-8-22-21(24)18-6-2-1-3-7-18/h1-3,5-9,17,19-20,23,25H,4,10-15H2/t17?,19-,20-/m1/s1. The second-order valence-electron chi connectivity index (χ2n) is 7.37. The zero-order valence-corrected chi connectivity index (χ0v) is 15.1. The number of aliphatic hydroxyl groups excluding tert-OH is 1. The minimum atomic E-state index is -0.284. The Bertz CT molecular complexity index is 741. The number of nitrogens with zero attached hydrogens (tertiary/aromatic N) is 2. The van der Waals surface area contributed by atoms with Crippen LogP contribution in [0, 0.1) is 5.92 Å². The van der Waals surface area contributed by atoms with Crippen LogP contribution in [0.4, 0.5) is 0 Å². The summed E-state index contributed by atoms with van der Waals surface area (Å²) in [5, 5.41) is 14.0. The summed E-state index contributed by atoms with van der Waals surface area (Å²) in [4.78, 5) is 4.53. The number of hydrogen-bond acceptors (Lipinski definition) is 4. The van der Waals surface area contributed by atoms with Crippen molar-refractivity contribution in [1.29, 1.82) is 0 Å². The molecule has 1 aliphatic heterocycles. The van der Waals surface area contributed by atoms with Crippen LogP contribution in [0.5, 0.6) is 0 Å². The maximum absolute atomic E-state index is 10.5. The molecule has 2 aliphatic rings. The van der Waals surface area contributed by atoms with Crippen molar-refractivity contribution in [2.24, 2.45) is 5.92 Å². The Morgan fingerprint density at radius 2 is 2.12 bits per heavy atom. The number of nitrogens with one attached hydrogen (secondary N) is 1. The molecule has 1 saturated carbocycles. The molecule has 1 aliphatic carbocycles. The summed E-state index contributed by atoms with van der Waals surface area (Å²) in [6, 6.07) is 10.4. The summed E-state index contributed by atoms with van der Waals surface area (Å²) < 4.78 is 7.70. The van der Waals surface area contributed by atoms with Crippen LogP contribution in [0.15, 0.2) is 54.4 Å². The Kier molecular flexibility index (Phi) is 5.48. The zero-order valence-electron chi connectivity index (χ0n) is 15.1. The summed E-state index contributed by atoms with van der Waals surface area (Å²) in [5.74, 6) is 1.46. The molecular formula is C21H27N3O2. The molecule has 1 aromatic heterocycles. The molecule has 1 aromatic carbocycles. The molecule has 1 fully saturated rings. The van der Waals surface area contributed by atoms with Gasteiger partial charge in [-0.3, -0.25) is 0 Å². The van der Waals surface area contributed by atoms with Crippen LogP contribution in [-0.4, -0.2) is 46.6 Å². The summed E-state index contributed by atoms with van der Waals surface area (Å²) in [7, 11) is 0. The van der Waals surface area contributed by atoms with Gasteiger partial charge in [-0.1, -0.05) is 36.4 Å². The highest BCUT2D eigenvalue weighted by Gasteiger charge is 2.33. The molecular weight excluding hydrogens is 326 g/mol. The van der Waals surface area contributed by atoms with Gasteiger partial charge < -0.3 is 19.7 Å². The number of aliphatic hydroxyl groups is 1. The van der Waals surface area contributed by atoms with Crippen molar-refractivity contribution >= 4 is 0 Å². The van der Waals surface area contributed by atoms with Gasteiger partial charge in [0.25, 0.3) is 0 Å². The third-order valence-corrected chi connectivity index (χ3v) is 5.40. The highest BCUT2D eigenvalue weighted by atomic mass is 16.5. The van der Waals surface area contributed by atoms with E-state index in [0.29, 0.717) is 12.5 Å². The summed E-state index contributed by atoms with van der Waals surface area (Å²) >= 11 is 0. The molecule has 26 heavy (non-hydrogen) atoms. The predicted octanol–water partition coefficient (Wildman–Crippen LogP) is 2.63. The quantitative estimate of drug-likeness (QED) is 0.784. The lowest BCUT2D eigenvalue weighted by Crippen LogP contribution is -2.37. The molecule has 0 spiro atoms. The third-order valence-electron chi connectivity index (χ3n) is 5.40. The van der Waals surface area contributed by atoms with E-state index in [2.05, 4.69) is 33.1 Å². The van der Waals surface area contributed by atoms with E-state index < -0.39 is 0 Å². The molecule has 3 atom stereocenters. The van der Waals surface area contributed by atoms with E-state index in [1.54, 1.807) is 0 Å². The van der Waals surface area contributed by atoms with Crippen LogP contribution in [0.3, 0.4) is 0 Å². The second-order valence-corrected chi connectivity index (χ2v) is 7.37. The molecule has 0 saturated heterocycles. The average molecular weight is 353 g/mol. The van der Waals surface area contributed by atoms with Gasteiger partial charge in [-0.2, -0.15) is 0 Å². The largest absolute Gasteiger partial charge is 0.391 e. The van der Waals surface area contributed by atoms with Crippen molar-refractivity contribution in [2.45, 2.75) is 38.0 Å². The van der Waals surface area contributed by atoms with E-state index in [4.69, 9.17) is 4.74 Å². The maximum atomic E-state index is 10.5. The van der Waals surface area contributed by atoms with E-state index in [9.17, 15) is 5.11 Å². The van der Waals surface area contributed by atoms with Crippen LogP contribution in [-0.2, 0) is 11.3 Å². The second kappa shape index (κ2) is 8.16. The summed E-state index contributed by atoms with van der Waals surface area (Å²) in [6.07, 6.45) is 8.69. The van der Waals surface area contributed by atoms with E-state index in [-0.39, 0.29) is 12.1 Å². The number of benzene rings is 1. The topological polar surface area (TPSA) is 59.3 Å². The van der Waals surface area contributed by atoms with Crippen LogP contribution in [0.2, 0.25) is 0 Å². The molecule has 2 N–H and O–H groups in total. The zero-order chi connectivity index (χ0) is 17.8. The summed E-state index contributed by atoms with van der Waals surface area (Å²) in [5.41, 5.74) is 2.43. The minimum Gasteiger partial charge on any atom is -0.391 e. The Morgan fingerprint density at radius 3 is 2.92 bits per heavy atom. The lowest BCUT2D eigenvalue weighted by atomic mass is 10.1. The molecule has 5 heteroatoms. The van der Waals surface area contributed by atoms with E-state index in [1.807, 2.05) is 30.6 Å². The SMILES string of the molecule is O[C@@H]1CC(Cn2ccnc2-c2ccccc2)C[C@H]1NCC1=CCCOC1. The Hall–Kier alpha value is -1.95. The number of ether oxygens (including phenoxy) is 1. The van der Waals surface area contributed by atoms with Gasteiger partial charge in [0, 0.05) is 37.1 Å². The number of aromatic nitrogens is 2. The van der Waals surface area contributed by atoms with Crippen molar-refractivity contribution in [1.82, 2.24) is 14.9 Å². The highest BCUT2D eigenvalue weighted by Crippen LogP contribution is 2.29. The molecule has 2 aromatic rings. The van der Waals surface area contributed by atoms with Crippen LogP contribution < -0.4 is 5.32 Å². The van der Waals surface area contributed by atoms with Gasteiger partial charge >= 0.3 is 0 Å². The Balaban J connectivity index is 1.35. The monoisotopic (exact) mass is 353 g/mol. The smallest absolute Gasteiger partial charge is 0.139 e. The number of rotatable bonds is 6. The first-order chi connectivity index (χ1) is 12.8. The van der Waals surface area contributed by atoms with Gasteiger partial charge in [0.2, 0.25) is 0 Å². The van der Waals surface area contributed by atoms with Gasteiger partial charge in [-0.15, -0.1) is 0 Å². The van der Waals surface area contributed by atoms with Crippen molar-refractivity contribution in [3.63, 3.8) is 0 Å². The van der Waals surface area contributed by atoms with Gasteiger partial charge in [0.1, 0.15) is 5.82 Å². The van der Waals surface area contributed by atoms with Crippen LogP contribution in [0.1, 0.15) is 19.3 Å². The van der Waals surface area contributed by atoms with Gasteiger partial charge in [0.05, 0.1) is 19.3 Å². The van der Waals surface area contributed by atoms with Crippen molar-refractivity contribution in [3.8, 4) is 11.4 Å². The van der Waals surface area contributed by atoms with Gasteiger partial charge in [-0.25, -0.2) is 4.98 Å². The first-order valence-corrected chi connectivity index (χ1v) is 9.53. The molecule has 1 unspecified atom stereocenters. The first-order valence-electron chi connectivity index (χ1n) is 9.53. The molecule has 0 amide bonds. The highest BCUT2D eigenvalue weighted by molar-refractivity contribution is 5.55. The third kappa shape index (κ3) is 4.06. The minimum absolute atomic E-state index is 0.159. The van der Waals surface area contributed by atoms with E-state index >= 15 is 0 Å². The molecule has 4 rings (SSSR count). The molecule has 138 valence electrons. The van der Waals surface area contributed by atoms with Crippen molar-refractivity contribution < 1.29 is 9.84 Å². The van der Waals surface area contributed by atoms with Gasteiger partial charge in [0.15, 0.2) is 0 Å². The predicted molar refractivity (Wildman–Crippen MR) is 102 cm³/mol. The fourth-order valence-corrected chi connectivity index (χ4v) is 4.06. The van der Waals surface area contributed by atoms with Crippen molar-refractivity contribution in [3.05, 3.63) is 54.4 Å². The lowest BCUT2D eigenvalue weighted by molar-refractivity contribution is 0.138. The van der Waals surface area contributed by atoms with E-state index in [0.717, 1.165) is 50.3 Å². The fourth-order valence-electron chi connectivity index (χ4n) is 4.06. The van der Waals surface area contributed by atoms with Crippen molar-refractivity contribution in [2.75, 3.05) is 19.8 Å². The Labute approximate surface area is 154 Å². The maximum Gasteiger partial charge on any atom is 0.139 e. The lowest BCUT2D eigenvalue weighted by Gasteiger charge is -2.20. The normalized spacial score (nSPS) is 26.0. The number of hydrogen-bond donors (Lipinski definition) is 2.